The molecule has 0 saturated carbocycles. The molecule has 1 rings (SSSR count). The molecule has 0 saturated heterocycles. The van der Waals surface area contributed by atoms with E-state index in [9.17, 15) is 14.4 Å². The van der Waals surface area contributed by atoms with Crippen molar-refractivity contribution in [3.63, 3.8) is 0 Å². The van der Waals surface area contributed by atoms with Crippen LogP contribution in [0.25, 0.3) is 5.53 Å². The van der Waals surface area contributed by atoms with Crippen molar-refractivity contribution in [3.05, 3.63) is 41.4 Å². The van der Waals surface area contributed by atoms with Crippen LogP contribution in [0.5, 0.6) is 0 Å². The van der Waals surface area contributed by atoms with Crippen molar-refractivity contribution in [2.75, 3.05) is 13.1 Å². The zero-order valence-corrected chi connectivity index (χ0v) is 18.0. The van der Waals surface area contributed by atoms with Gasteiger partial charge in [-0.05, 0) is 39.2 Å². The Kier molecular flexibility index (Phi) is 10.7. The van der Waals surface area contributed by atoms with E-state index in [0.717, 1.165) is 5.56 Å². The van der Waals surface area contributed by atoms with Crippen LogP contribution < -0.4 is 16.4 Å². The van der Waals surface area contributed by atoms with Crippen LogP contribution in [-0.2, 0) is 20.9 Å². The number of carbonyl (C=O) groups is 3. The minimum Gasteiger partial charge on any atom is -0.712 e. The maximum atomic E-state index is 12.0. The lowest BCUT2D eigenvalue weighted by atomic mass is 10.1. The SMILES string of the molecule is CC(C)(C)OC(=O)N[C@@H](CCCN=C(N)NC(=O)OCc1ccccc1)C(=O)CN=[N-]. The number of benzene rings is 1. The third kappa shape index (κ3) is 11.9. The van der Waals surface area contributed by atoms with Crippen molar-refractivity contribution < 1.29 is 23.9 Å². The summed E-state index contributed by atoms with van der Waals surface area (Å²) in [5.41, 5.74) is 14.4. The third-order valence-corrected chi connectivity index (χ3v) is 3.68. The van der Waals surface area contributed by atoms with Gasteiger partial charge in [-0.15, -0.1) is 0 Å². The first-order valence-corrected chi connectivity index (χ1v) is 9.71. The summed E-state index contributed by atoms with van der Waals surface area (Å²) in [6, 6.07) is 8.24. The van der Waals surface area contributed by atoms with Crippen LogP contribution >= 0.6 is 0 Å². The average molecular weight is 433 g/mol. The van der Waals surface area contributed by atoms with Gasteiger partial charge in [-0.1, -0.05) is 30.3 Å². The Morgan fingerprint density at radius 3 is 2.45 bits per heavy atom. The normalized spacial score (nSPS) is 12.4. The van der Waals surface area contributed by atoms with Crippen molar-refractivity contribution in [2.24, 2.45) is 15.8 Å². The number of carbonyl (C=O) groups excluding carboxylic acids is 3. The summed E-state index contributed by atoms with van der Waals surface area (Å²) in [7, 11) is 0. The van der Waals surface area contributed by atoms with Gasteiger partial charge in [0, 0.05) is 6.54 Å². The molecule has 11 nitrogen and oxygen atoms in total. The molecule has 0 aromatic heterocycles. The first-order chi connectivity index (χ1) is 14.6. The summed E-state index contributed by atoms with van der Waals surface area (Å²) < 4.78 is 10.2. The molecular formula is C20H29N6O5-. The Bertz CT molecular complexity index is 776. The predicted molar refractivity (Wildman–Crippen MR) is 114 cm³/mol. The van der Waals surface area contributed by atoms with E-state index >= 15 is 0 Å². The van der Waals surface area contributed by atoms with Gasteiger partial charge >= 0.3 is 12.2 Å². The summed E-state index contributed by atoms with van der Waals surface area (Å²) in [6.45, 7) is 4.91. The Labute approximate surface area is 181 Å². The second-order valence-corrected chi connectivity index (χ2v) is 7.56. The molecule has 31 heavy (non-hydrogen) atoms. The second kappa shape index (κ2) is 12.9. The number of amides is 2. The smallest absolute Gasteiger partial charge is 0.414 e. The molecule has 1 aromatic carbocycles. The predicted octanol–water partition coefficient (Wildman–Crippen LogP) is 2.49. The zero-order valence-electron chi connectivity index (χ0n) is 18.0. The van der Waals surface area contributed by atoms with Gasteiger partial charge in [0.15, 0.2) is 11.7 Å². The van der Waals surface area contributed by atoms with Gasteiger partial charge in [-0.25, -0.2) is 9.59 Å². The highest BCUT2D eigenvalue weighted by molar-refractivity contribution is 5.92. The maximum absolute atomic E-state index is 12.0. The number of aliphatic imine (C=N–C) groups is 1. The van der Waals surface area contributed by atoms with Gasteiger partial charge < -0.3 is 31.2 Å². The van der Waals surface area contributed by atoms with E-state index in [1.54, 1.807) is 20.8 Å². The van der Waals surface area contributed by atoms with Crippen LogP contribution in [0.3, 0.4) is 0 Å². The van der Waals surface area contributed by atoms with Gasteiger partial charge in [0.1, 0.15) is 12.2 Å². The summed E-state index contributed by atoms with van der Waals surface area (Å²) in [4.78, 5) is 39.7. The molecule has 0 bridgehead atoms. The Hall–Kier alpha value is -3.50. The van der Waals surface area contributed by atoms with Crippen LogP contribution in [0.1, 0.15) is 39.2 Å². The second-order valence-electron chi connectivity index (χ2n) is 7.56. The van der Waals surface area contributed by atoms with Crippen molar-refractivity contribution in [2.45, 2.75) is 51.9 Å². The van der Waals surface area contributed by atoms with Crippen LogP contribution in [0.4, 0.5) is 9.59 Å². The van der Waals surface area contributed by atoms with Crippen molar-refractivity contribution in [3.8, 4) is 0 Å². The summed E-state index contributed by atoms with van der Waals surface area (Å²) in [5.74, 6) is -0.612. The van der Waals surface area contributed by atoms with Crippen molar-refractivity contribution >= 4 is 23.9 Å². The van der Waals surface area contributed by atoms with Crippen LogP contribution in [-0.4, -0.2) is 48.7 Å². The summed E-state index contributed by atoms with van der Waals surface area (Å²) >= 11 is 0. The van der Waals surface area contributed by atoms with Crippen LogP contribution in [0.2, 0.25) is 0 Å². The minimum absolute atomic E-state index is 0.0932. The minimum atomic E-state index is -0.911. The number of guanidine groups is 1. The fourth-order valence-corrected chi connectivity index (χ4v) is 2.34. The lowest BCUT2D eigenvalue weighted by molar-refractivity contribution is -0.119. The molecule has 0 fully saturated rings. The molecular weight excluding hydrogens is 404 g/mol. The zero-order chi connectivity index (χ0) is 23.3. The number of Topliss-reactive ketones (excluding diaryl/α,β-unsaturated/α-hetero) is 1. The molecule has 4 N–H and O–H groups in total. The molecule has 0 spiro atoms. The average Bonchev–Trinajstić information content (AvgIpc) is 2.68. The fraction of sp³-hybridized carbons (Fsp3) is 0.500. The number of hydrogen-bond donors (Lipinski definition) is 3. The van der Waals surface area contributed by atoms with Gasteiger partial charge in [-0.3, -0.25) is 15.1 Å². The van der Waals surface area contributed by atoms with Gasteiger partial charge in [-0.2, -0.15) is 0 Å². The van der Waals surface area contributed by atoms with E-state index in [-0.39, 0.29) is 25.5 Å². The number of alkyl carbamates (subject to hydrolysis) is 2. The first kappa shape index (κ1) is 25.5. The lowest BCUT2D eigenvalue weighted by Gasteiger charge is -2.23. The number of ether oxygens (including phenoxy) is 2. The Morgan fingerprint density at radius 1 is 1.16 bits per heavy atom. The molecule has 0 heterocycles. The maximum Gasteiger partial charge on any atom is 0.414 e. The molecule has 1 aromatic rings. The highest BCUT2D eigenvalue weighted by Gasteiger charge is 2.23. The van der Waals surface area contributed by atoms with Crippen molar-refractivity contribution in [1.29, 1.82) is 0 Å². The van der Waals surface area contributed by atoms with E-state index in [0.29, 0.717) is 6.42 Å². The number of rotatable bonds is 10. The van der Waals surface area contributed by atoms with Crippen LogP contribution in [0.15, 0.2) is 40.4 Å². The molecule has 170 valence electrons. The molecule has 0 aliphatic carbocycles. The summed E-state index contributed by atoms with van der Waals surface area (Å²) in [5, 5.41) is 7.58. The standard InChI is InChI=1S/C20H29N6O5/c1-20(2,3)31-19(29)25-15(16(27)12-24-22)10-7-11-23-17(21)26-18(28)30-13-14-8-5-4-6-9-14/h4-6,8-9,15H,7,10-13H2,1-3H3,(H,25,29)(H3,21,23,26,28)/q-1/t15-/m0/s1. The Balaban J connectivity index is 2.45. The van der Waals surface area contributed by atoms with Gasteiger partial charge in [0.25, 0.3) is 0 Å². The molecule has 0 aliphatic rings. The first-order valence-electron chi connectivity index (χ1n) is 9.71. The number of nitrogens with two attached hydrogens (primary N) is 1. The number of nitrogens with one attached hydrogen (secondary N) is 2. The monoisotopic (exact) mass is 433 g/mol. The number of nitrogens with zero attached hydrogens (tertiary/aromatic N) is 3. The van der Waals surface area contributed by atoms with E-state index in [4.69, 9.17) is 20.7 Å². The third-order valence-electron chi connectivity index (χ3n) is 3.68. The van der Waals surface area contributed by atoms with E-state index in [1.165, 1.54) is 0 Å². The van der Waals surface area contributed by atoms with Crippen LogP contribution in [0, 0.1) is 0 Å². The largest absolute Gasteiger partial charge is 0.712 e. The van der Waals surface area contributed by atoms with Gasteiger partial charge in [0.05, 0.1) is 12.6 Å². The molecule has 0 radical (unpaired) electrons. The van der Waals surface area contributed by atoms with E-state index < -0.39 is 36.2 Å². The lowest BCUT2D eigenvalue weighted by Crippen LogP contribution is -2.44. The Morgan fingerprint density at radius 2 is 1.84 bits per heavy atom. The highest BCUT2D eigenvalue weighted by atomic mass is 16.6. The molecule has 0 aliphatic heterocycles. The molecule has 1 atom stereocenters. The topological polar surface area (TPSA) is 167 Å². The van der Waals surface area contributed by atoms with E-state index in [1.807, 2.05) is 30.3 Å². The van der Waals surface area contributed by atoms with E-state index in [2.05, 4.69) is 20.7 Å². The quantitative estimate of drug-likeness (QED) is 0.222. The molecule has 11 heteroatoms. The van der Waals surface area contributed by atoms with Gasteiger partial charge in [0.2, 0.25) is 0 Å². The fourth-order valence-electron chi connectivity index (χ4n) is 2.34. The number of ketones is 1. The number of hydrogen-bond acceptors (Lipinski definition) is 7. The summed E-state index contributed by atoms with van der Waals surface area (Å²) in [6.07, 6.45) is -0.925. The molecule has 0 unspecified atom stereocenters. The van der Waals surface area contributed by atoms with Crippen molar-refractivity contribution in [1.82, 2.24) is 10.6 Å². The highest BCUT2D eigenvalue weighted by Crippen LogP contribution is 2.08. The molecule has 2 amide bonds.